The van der Waals surface area contributed by atoms with Gasteiger partial charge in [0, 0.05) is 66.0 Å². The molecule has 0 aliphatic rings. The van der Waals surface area contributed by atoms with E-state index >= 15 is 0 Å². The molecule has 0 unspecified atom stereocenters. The van der Waals surface area contributed by atoms with Crippen molar-refractivity contribution < 1.29 is 39.0 Å². The molecule has 512 valence electrons. The number of isothiocyanates is 1. The van der Waals surface area contributed by atoms with Crippen molar-refractivity contribution in [2.24, 2.45) is 4.99 Å². The summed E-state index contributed by atoms with van der Waals surface area (Å²) in [6.07, 6.45) is 17.4. The molecule has 100 heavy (non-hydrogen) atoms. The second-order valence-electron chi connectivity index (χ2n) is 26.3. The molecule has 0 saturated carbocycles. The van der Waals surface area contributed by atoms with Crippen LogP contribution in [0.3, 0.4) is 0 Å². The predicted octanol–water partition coefficient (Wildman–Crippen LogP) is 22.0. The molecule has 4 heterocycles. The van der Waals surface area contributed by atoms with Crippen molar-refractivity contribution >= 4 is 99.7 Å². The molecule has 10 rings (SSSR count). The Morgan fingerprint density at radius 1 is 0.460 bits per heavy atom. The number of thiocyanates is 1. The van der Waals surface area contributed by atoms with E-state index in [0.717, 1.165) is 79.5 Å². The molecule has 1 N–H and O–H groups in total. The van der Waals surface area contributed by atoms with Gasteiger partial charge in [0.2, 0.25) is 0 Å². The summed E-state index contributed by atoms with van der Waals surface area (Å²) in [5.74, 6) is -0.963. The summed E-state index contributed by atoms with van der Waals surface area (Å²) in [6, 6.07) is 70.2. The molecule has 0 amide bonds. The largest absolute Gasteiger partial charge is 2.00 e. The van der Waals surface area contributed by atoms with Crippen LogP contribution in [-0.2, 0) is 50.7 Å². The first-order valence-electron chi connectivity index (χ1n) is 31.4. The number of rotatable bonds is 13. The normalized spacial score (nSPS) is 10.7. The number of pyridine rings is 4. The van der Waals surface area contributed by atoms with Crippen LogP contribution >= 0.6 is 24.0 Å². The number of aromatic nitrogens is 4. The van der Waals surface area contributed by atoms with Crippen LogP contribution in [0.5, 0.6) is 0 Å². The summed E-state index contributed by atoms with van der Waals surface area (Å²) >= 11 is 5.30. The number of hydrogen-bond donors (Lipinski definition) is 1. The van der Waals surface area contributed by atoms with Crippen molar-refractivity contribution in [2.75, 3.05) is 23.1 Å². The van der Waals surface area contributed by atoms with E-state index in [0.29, 0.717) is 11.4 Å². The number of nitrogens with zero attached hydrogens (tertiary/aromatic N) is 9. The number of carboxylic acids is 1. The van der Waals surface area contributed by atoms with E-state index in [1.165, 1.54) is 40.6 Å². The van der Waals surface area contributed by atoms with Crippen molar-refractivity contribution in [1.29, 1.82) is 10.5 Å². The topological polar surface area (TPSA) is 189 Å². The maximum Gasteiger partial charge on any atom is 2.00 e. The Balaban J connectivity index is 0.000000726. The molecular weight excluding hydrogens is 1360 g/mol. The minimum atomic E-state index is -0.963. The summed E-state index contributed by atoms with van der Waals surface area (Å²) in [6.45, 7) is 31.8. The van der Waals surface area contributed by atoms with Crippen LogP contribution in [0.1, 0.15) is 138 Å². The van der Waals surface area contributed by atoms with E-state index in [1.807, 2.05) is 36.0 Å². The van der Waals surface area contributed by atoms with E-state index in [-0.39, 0.29) is 60.3 Å². The number of hydrogen-bond acceptors (Lipinski definition) is 14. The van der Waals surface area contributed by atoms with Crippen molar-refractivity contribution in [3.63, 3.8) is 0 Å². The average molecular weight is 1450 g/mol. The Hall–Kier alpha value is -10.4. The zero-order valence-corrected chi connectivity index (χ0v) is 62.9. The number of thiocarbonyl (C=S) groups is 1. The summed E-state index contributed by atoms with van der Waals surface area (Å²) < 4.78 is 0. The minimum absolute atomic E-state index is 0. The van der Waals surface area contributed by atoms with Gasteiger partial charge in [-0.15, -0.1) is 0 Å². The fraction of sp³-hybridized carbons (Fsp3) is 0.214. The molecule has 6 aromatic carbocycles. The summed E-state index contributed by atoms with van der Waals surface area (Å²) in [7, 11) is 1.59. The number of aliphatic imine (C=N–C) groups is 1. The smallest absolute Gasteiger partial charge is 0.512 e. The van der Waals surface area contributed by atoms with Crippen molar-refractivity contribution in [3.05, 3.63) is 289 Å². The Morgan fingerprint density at radius 2 is 0.720 bits per heavy atom. The number of nitriles is 1. The van der Waals surface area contributed by atoms with Crippen LogP contribution < -0.4 is 9.80 Å². The van der Waals surface area contributed by atoms with Gasteiger partial charge in [0.05, 0.1) is 33.5 Å². The van der Waals surface area contributed by atoms with Gasteiger partial charge in [0.15, 0.2) is 0 Å². The average Bonchev–Trinajstić information content (AvgIpc) is 0.801. The molecule has 0 saturated heterocycles. The standard InChI is InChI=1S/C66H70N4.C11H8N2O2.2C2H3NS.CN.CO2.CH3.Ru/c1-63(2,3)51-21-33-57(34-22-51)69(58-35-23-52(24-36-58)64(4,5)6)55-29-17-47(18-30-55)13-15-49-41-43-67-61(45-49)62-46-50(42-44-68-62)16-14-48-19-31-56(32-20-48)70(59-37-25-53(26-38-59)65(7,8)9)60-39-27-54(28-40-60)66(10,11)12;14-11(15)8-4-6-13-10(7-8)9-3-1-2-5-12-9;1-4-2-3;1-3-2-4;1-2;2-1-3;;/h13-46H,1-12H3;1-7H,(H,14,15);2*1H3;;;1H3;/q;;;;-1;;-1;+2/b15-13+,16-14+;;;;;;;. The van der Waals surface area contributed by atoms with Crippen LogP contribution in [-0.4, -0.2) is 55.6 Å². The van der Waals surface area contributed by atoms with Gasteiger partial charge in [-0.25, -0.2) is 9.79 Å². The Kier molecular flexibility index (Phi) is 33.9. The van der Waals surface area contributed by atoms with Crippen LogP contribution in [0.4, 0.5) is 34.1 Å². The Bertz CT molecular complexity index is 4040. The van der Waals surface area contributed by atoms with Crippen LogP contribution in [0.2, 0.25) is 0 Å². The summed E-state index contributed by atoms with van der Waals surface area (Å²) in [5.41, 5.74) is 19.8. The number of thioether (sulfide) groups is 1. The van der Waals surface area contributed by atoms with E-state index in [9.17, 15) is 4.79 Å². The third-order valence-electron chi connectivity index (χ3n) is 15.2. The molecule has 0 atom stereocenters. The molecule has 0 fully saturated rings. The maximum absolute atomic E-state index is 10.7. The third-order valence-corrected chi connectivity index (χ3v) is 15.5. The van der Waals surface area contributed by atoms with Gasteiger partial charge in [0.1, 0.15) is 5.40 Å². The molecule has 0 aliphatic carbocycles. The molecular formula is C84H87N9O4RuS2. The second kappa shape index (κ2) is 40.5. The number of carbonyl (C=O) groups excluding carboxylic acids is 2. The van der Waals surface area contributed by atoms with Crippen molar-refractivity contribution in [1.82, 2.24) is 19.9 Å². The Labute approximate surface area is 615 Å². The molecule has 10 aromatic rings. The number of anilines is 6. The summed E-state index contributed by atoms with van der Waals surface area (Å²) in [4.78, 5) is 52.6. The van der Waals surface area contributed by atoms with Gasteiger partial charge in [-0.3, -0.25) is 19.9 Å². The molecule has 16 heteroatoms. The van der Waals surface area contributed by atoms with Gasteiger partial charge in [0.25, 0.3) is 0 Å². The summed E-state index contributed by atoms with van der Waals surface area (Å²) in [5, 5.41) is 26.6. The molecule has 13 nitrogen and oxygen atoms in total. The number of benzene rings is 6. The zero-order valence-electron chi connectivity index (χ0n) is 59.5. The van der Waals surface area contributed by atoms with Gasteiger partial charge < -0.3 is 34.2 Å². The quantitative estimate of drug-likeness (QED) is 0.0377. The molecule has 0 aliphatic heterocycles. The first kappa shape index (κ1) is 83.8. The monoisotopic (exact) mass is 1450 g/mol. The fourth-order valence-corrected chi connectivity index (χ4v) is 9.79. The second-order valence-corrected chi connectivity index (χ2v) is 27.1. The fourth-order valence-electron chi connectivity index (χ4n) is 9.79. The SMILES string of the molecule is CC(C)(C)c1ccc(N(c2ccc(/C=C/c3ccnc(-c4cc(/C=C/c5ccc(N(c6ccc(C(C)(C)C)cc6)c6ccc(C(C)(C)C)cc6)cc5)ccn4)c3)cc2)c2ccc(C(C)(C)C)cc2)cc1.CN=C=S.CSC#N.O=C(O)c1ccnc(-c2ccccn2)c1.O=C=O.[C-]#N.[CH3-].[Ru+2]. The first-order valence-corrected chi connectivity index (χ1v) is 33.1. The molecule has 4 aromatic heterocycles. The van der Waals surface area contributed by atoms with Crippen molar-refractivity contribution in [3.8, 4) is 28.2 Å². The van der Waals surface area contributed by atoms with Gasteiger partial charge in [-0.1, -0.05) is 186 Å². The van der Waals surface area contributed by atoms with Crippen LogP contribution in [0, 0.1) is 29.9 Å². The van der Waals surface area contributed by atoms with E-state index in [4.69, 9.17) is 41.8 Å². The Morgan fingerprint density at radius 3 is 0.970 bits per heavy atom. The maximum atomic E-state index is 10.7. The molecule has 0 spiro atoms. The van der Waals surface area contributed by atoms with Gasteiger partial charge in [-0.2, -0.15) is 14.9 Å². The van der Waals surface area contributed by atoms with Crippen LogP contribution in [0.25, 0.3) is 47.1 Å². The van der Waals surface area contributed by atoms with Crippen molar-refractivity contribution in [2.45, 2.75) is 105 Å². The predicted molar refractivity (Wildman–Crippen MR) is 413 cm³/mol. The molecule has 0 radical (unpaired) electrons. The van der Waals surface area contributed by atoms with Crippen LogP contribution in [0.15, 0.2) is 230 Å². The first-order chi connectivity index (χ1) is 46.7. The zero-order chi connectivity index (χ0) is 72.1. The number of carbonyl (C=O) groups is 1. The van der Waals surface area contributed by atoms with Gasteiger partial charge in [-0.05, 0) is 218 Å². The number of carboxylic acid groups (broad SMARTS) is 1. The van der Waals surface area contributed by atoms with E-state index in [1.54, 1.807) is 31.6 Å². The van der Waals surface area contributed by atoms with E-state index < -0.39 is 5.97 Å². The molecule has 0 bridgehead atoms. The third kappa shape index (κ3) is 25.8. The van der Waals surface area contributed by atoms with Gasteiger partial charge >= 0.3 is 31.6 Å². The van der Waals surface area contributed by atoms with E-state index in [2.05, 4.69) is 307 Å². The number of aromatic carboxylic acids is 1. The minimum Gasteiger partial charge on any atom is -0.512 e.